The second-order valence-electron chi connectivity index (χ2n) is 7.86. The number of amides is 1. The first kappa shape index (κ1) is 20.5. The third-order valence-corrected chi connectivity index (χ3v) is 5.91. The second-order valence-corrected chi connectivity index (χ2v) is 7.86. The molecule has 0 saturated carbocycles. The summed E-state index contributed by atoms with van der Waals surface area (Å²) >= 11 is 0. The SMILES string of the molecule is Cc1ccccc1-n1ncc(C(=O)O)c1NC(=O)OCC1c2ccccc2-c2ccccc21. The van der Waals surface area contributed by atoms with Crippen molar-refractivity contribution >= 4 is 17.9 Å². The van der Waals surface area contributed by atoms with Gasteiger partial charge in [-0.05, 0) is 40.8 Å². The van der Waals surface area contributed by atoms with E-state index < -0.39 is 12.1 Å². The number of fused-ring (bicyclic) bond motifs is 3. The fraction of sp³-hybridized carbons (Fsp3) is 0.115. The highest BCUT2D eigenvalue weighted by Crippen LogP contribution is 2.44. The smallest absolute Gasteiger partial charge is 0.412 e. The molecule has 0 fully saturated rings. The highest BCUT2D eigenvalue weighted by Gasteiger charge is 2.29. The van der Waals surface area contributed by atoms with Crippen LogP contribution in [0.15, 0.2) is 79.0 Å². The molecule has 1 amide bonds. The summed E-state index contributed by atoms with van der Waals surface area (Å²) < 4.78 is 6.99. The van der Waals surface area contributed by atoms with Gasteiger partial charge in [0.1, 0.15) is 12.2 Å². The van der Waals surface area contributed by atoms with Gasteiger partial charge in [0.15, 0.2) is 5.82 Å². The molecule has 0 saturated heterocycles. The molecule has 0 bridgehead atoms. The van der Waals surface area contributed by atoms with Crippen molar-refractivity contribution in [3.63, 3.8) is 0 Å². The average Bonchev–Trinajstić information content (AvgIpc) is 3.37. The quantitative estimate of drug-likeness (QED) is 0.444. The van der Waals surface area contributed by atoms with Crippen LogP contribution >= 0.6 is 0 Å². The number of aromatic nitrogens is 2. The van der Waals surface area contributed by atoms with Gasteiger partial charge in [0.25, 0.3) is 0 Å². The van der Waals surface area contributed by atoms with E-state index in [4.69, 9.17) is 4.74 Å². The number of aryl methyl sites for hydroxylation is 1. The Hall–Kier alpha value is -4.39. The van der Waals surface area contributed by atoms with Gasteiger partial charge < -0.3 is 9.84 Å². The van der Waals surface area contributed by atoms with E-state index >= 15 is 0 Å². The maximum absolute atomic E-state index is 12.8. The molecule has 1 aliphatic rings. The minimum Gasteiger partial charge on any atom is -0.477 e. The number of para-hydroxylation sites is 1. The largest absolute Gasteiger partial charge is 0.477 e. The van der Waals surface area contributed by atoms with Gasteiger partial charge in [0, 0.05) is 5.92 Å². The Kier molecular flexibility index (Phi) is 5.14. The van der Waals surface area contributed by atoms with E-state index in [0.717, 1.165) is 27.8 Å². The van der Waals surface area contributed by atoms with E-state index in [-0.39, 0.29) is 23.9 Å². The molecule has 0 radical (unpaired) electrons. The zero-order valence-electron chi connectivity index (χ0n) is 17.9. The summed E-state index contributed by atoms with van der Waals surface area (Å²) in [6, 6.07) is 23.5. The number of hydrogen-bond acceptors (Lipinski definition) is 4. The van der Waals surface area contributed by atoms with Gasteiger partial charge >= 0.3 is 12.1 Å². The summed E-state index contributed by atoms with van der Waals surface area (Å²) in [5.41, 5.74) is 5.89. The molecule has 3 aromatic carbocycles. The minimum atomic E-state index is -1.19. The van der Waals surface area contributed by atoms with Gasteiger partial charge in [-0.3, -0.25) is 5.32 Å². The number of hydrogen-bond donors (Lipinski definition) is 2. The Morgan fingerprint density at radius 1 is 0.970 bits per heavy atom. The van der Waals surface area contributed by atoms with Gasteiger partial charge in [0.2, 0.25) is 0 Å². The molecule has 0 unspecified atom stereocenters. The van der Waals surface area contributed by atoms with E-state index in [1.165, 1.54) is 10.9 Å². The molecular weight excluding hydrogens is 418 g/mol. The summed E-state index contributed by atoms with van der Waals surface area (Å²) in [4.78, 5) is 24.5. The maximum atomic E-state index is 12.8. The molecule has 5 rings (SSSR count). The molecule has 164 valence electrons. The monoisotopic (exact) mass is 439 g/mol. The van der Waals surface area contributed by atoms with Crippen molar-refractivity contribution in [2.45, 2.75) is 12.8 Å². The van der Waals surface area contributed by atoms with E-state index in [0.29, 0.717) is 5.69 Å². The van der Waals surface area contributed by atoms with Crippen LogP contribution in [0.2, 0.25) is 0 Å². The molecular formula is C26H21N3O4. The lowest BCUT2D eigenvalue weighted by atomic mass is 9.98. The van der Waals surface area contributed by atoms with Crippen LogP contribution in [-0.2, 0) is 4.74 Å². The van der Waals surface area contributed by atoms with E-state index in [1.807, 2.05) is 61.5 Å². The Bertz CT molecular complexity index is 1330. The Morgan fingerprint density at radius 2 is 1.58 bits per heavy atom. The van der Waals surface area contributed by atoms with Crippen LogP contribution in [0.1, 0.15) is 33.0 Å². The first-order valence-electron chi connectivity index (χ1n) is 10.5. The number of benzene rings is 3. The number of nitrogens with one attached hydrogen (secondary N) is 1. The van der Waals surface area contributed by atoms with E-state index in [1.54, 1.807) is 6.07 Å². The summed E-state index contributed by atoms with van der Waals surface area (Å²) in [7, 11) is 0. The lowest BCUT2D eigenvalue weighted by Crippen LogP contribution is -2.21. The van der Waals surface area contributed by atoms with Gasteiger partial charge in [-0.2, -0.15) is 5.10 Å². The highest BCUT2D eigenvalue weighted by atomic mass is 16.5. The van der Waals surface area contributed by atoms with Crippen molar-refractivity contribution in [2.75, 3.05) is 11.9 Å². The zero-order chi connectivity index (χ0) is 22.9. The molecule has 7 heteroatoms. The van der Waals surface area contributed by atoms with Crippen molar-refractivity contribution in [1.29, 1.82) is 0 Å². The summed E-state index contributed by atoms with van der Waals surface area (Å²) in [6.07, 6.45) is 0.475. The number of ether oxygens (including phenoxy) is 1. The first-order valence-corrected chi connectivity index (χ1v) is 10.5. The average molecular weight is 439 g/mol. The molecule has 1 aliphatic carbocycles. The van der Waals surface area contributed by atoms with Crippen molar-refractivity contribution in [3.8, 4) is 16.8 Å². The molecule has 7 nitrogen and oxygen atoms in total. The Balaban J connectivity index is 1.39. The molecule has 0 spiro atoms. The predicted molar refractivity (Wildman–Crippen MR) is 124 cm³/mol. The van der Waals surface area contributed by atoms with Crippen LogP contribution in [0.3, 0.4) is 0 Å². The topological polar surface area (TPSA) is 93.5 Å². The molecule has 33 heavy (non-hydrogen) atoms. The number of carbonyl (C=O) groups excluding carboxylic acids is 1. The van der Waals surface area contributed by atoms with Gasteiger partial charge in [-0.25, -0.2) is 14.3 Å². The lowest BCUT2D eigenvalue weighted by molar-refractivity contribution is 0.0698. The molecule has 0 aliphatic heterocycles. The van der Waals surface area contributed by atoms with Crippen LogP contribution in [0.4, 0.5) is 10.6 Å². The summed E-state index contributed by atoms with van der Waals surface area (Å²) in [6.45, 7) is 2.01. The van der Waals surface area contributed by atoms with Crippen molar-refractivity contribution < 1.29 is 19.4 Å². The normalized spacial score (nSPS) is 12.2. The van der Waals surface area contributed by atoms with E-state index in [2.05, 4.69) is 22.5 Å². The number of aromatic carboxylic acids is 1. The standard InChI is InChI=1S/C26H21N3O4/c1-16-8-2-7-13-23(16)29-24(21(14-27-29)25(30)31)28-26(32)33-15-22-19-11-5-3-9-17(19)18-10-4-6-12-20(18)22/h2-14,22H,15H2,1H3,(H,28,32)(H,30,31). The minimum absolute atomic E-state index is 0.0500. The third-order valence-electron chi connectivity index (χ3n) is 5.91. The van der Waals surface area contributed by atoms with Crippen LogP contribution in [0.5, 0.6) is 0 Å². The predicted octanol–water partition coefficient (Wildman–Crippen LogP) is 5.24. The molecule has 0 atom stereocenters. The lowest BCUT2D eigenvalue weighted by Gasteiger charge is -2.16. The maximum Gasteiger partial charge on any atom is 0.412 e. The number of carbonyl (C=O) groups is 2. The van der Waals surface area contributed by atoms with Crippen LogP contribution < -0.4 is 5.32 Å². The van der Waals surface area contributed by atoms with Gasteiger partial charge in [0.05, 0.1) is 11.9 Å². The third kappa shape index (κ3) is 3.63. The van der Waals surface area contributed by atoms with Crippen LogP contribution in [0.25, 0.3) is 16.8 Å². The second kappa shape index (κ2) is 8.27. The number of rotatable bonds is 5. The number of carboxylic acids is 1. The van der Waals surface area contributed by atoms with Crippen molar-refractivity contribution in [3.05, 3.63) is 101 Å². The molecule has 2 N–H and O–H groups in total. The van der Waals surface area contributed by atoms with E-state index in [9.17, 15) is 14.7 Å². The summed E-state index contributed by atoms with van der Waals surface area (Å²) in [5, 5.41) is 16.4. The Labute approximate surface area is 190 Å². The zero-order valence-corrected chi connectivity index (χ0v) is 17.9. The summed E-state index contributed by atoms with van der Waals surface area (Å²) in [5.74, 6) is -1.24. The van der Waals surface area contributed by atoms with Gasteiger partial charge in [-0.1, -0.05) is 66.7 Å². The van der Waals surface area contributed by atoms with Crippen molar-refractivity contribution in [1.82, 2.24) is 9.78 Å². The molecule has 1 aromatic heterocycles. The highest BCUT2D eigenvalue weighted by molar-refractivity contribution is 5.98. The molecule has 1 heterocycles. The fourth-order valence-electron chi connectivity index (χ4n) is 4.34. The number of anilines is 1. The number of carboxylic acid groups (broad SMARTS) is 1. The molecule has 4 aromatic rings. The van der Waals surface area contributed by atoms with Crippen LogP contribution in [-0.4, -0.2) is 33.6 Å². The van der Waals surface area contributed by atoms with Crippen LogP contribution in [0, 0.1) is 6.92 Å². The van der Waals surface area contributed by atoms with Crippen molar-refractivity contribution in [2.24, 2.45) is 0 Å². The number of nitrogens with zero attached hydrogens (tertiary/aromatic N) is 2. The first-order chi connectivity index (χ1) is 16.0. The fourth-order valence-corrected chi connectivity index (χ4v) is 4.34. The van der Waals surface area contributed by atoms with Gasteiger partial charge in [-0.15, -0.1) is 0 Å². The Morgan fingerprint density at radius 3 is 2.21 bits per heavy atom.